The third-order valence-corrected chi connectivity index (χ3v) is 4.14. The molecule has 1 heterocycles. The second-order valence-electron chi connectivity index (χ2n) is 6.58. The van der Waals surface area contributed by atoms with Gasteiger partial charge in [-0.1, -0.05) is 13.0 Å². The normalized spacial score (nSPS) is 20.5. The SMILES string of the molecule is CC(=O)c1cc(C)cc2c1N(C(C)=O)C(C)(C)C[C@H]2C. The Kier molecular flexibility index (Phi) is 3.49. The van der Waals surface area contributed by atoms with Crippen LogP contribution >= 0.6 is 0 Å². The molecule has 0 fully saturated rings. The Morgan fingerprint density at radius 2 is 1.85 bits per heavy atom. The Labute approximate surface area is 121 Å². The summed E-state index contributed by atoms with van der Waals surface area (Å²) in [5.41, 5.74) is 3.40. The molecule has 0 radical (unpaired) electrons. The van der Waals surface area contributed by atoms with E-state index in [4.69, 9.17) is 0 Å². The average Bonchev–Trinajstić information content (AvgIpc) is 2.27. The number of carbonyl (C=O) groups is 2. The van der Waals surface area contributed by atoms with Crippen LogP contribution in [0.4, 0.5) is 5.69 Å². The number of aryl methyl sites for hydroxylation is 1. The highest BCUT2D eigenvalue weighted by atomic mass is 16.2. The molecule has 1 amide bonds. The van der Waals surface area contributed by atoms with Crippen molar-refractivity contribution < 1.29 is 9.59 Å². The molecule has 0 spiro atoms. The number of hydrogen-bond donors (Lipinski definition) is 0. The molecule has 3 heteroatoms. The Hall–Kier alpha value is -1.64. The summed E-state index contributed by atoms with van der Waals surface area (Å²) in [4.78, 5) is 26.0. The molecule has 0 saturated carbocycles. The summed E-state index contributed by atoms with van der Waals surface area (Å²) in [5, 5.41) is 0. The fourth-order valence-corrected chi connectivity index (χ4v) is 3.54. The van der Waals surface area contributed by atoms with Crippen molar-refractivity contribution in [1.82, 2.24) is 0 Å². The van der Waals surface area contributed by atoms with Crippen molar-refractivity contribution in [1.29, 1.82) is 0 Å². The summed E-state index contributed by atoms with van der Waals surface area (Å²) in [6, 6.07) is 4.00. The van der Waals surface area contributed by atoms with Gasteiger partial charge in [0.25, 0.3) is 0 Å². The van der Waals surface area contributed by atoms with Crippen LogP contribution in [0, 0.1) is 6.92 Å². The number of fused-ring (bicyclic) bond motifs is 1. The maximum atomic E-state index is 12.2. The maximum Gasteiger partial charge on any atom is 0.224 e. The van der Waals surface area contributed by atoms with Gasteiger partial charge in [0.1, 0.15) is 0 Å². The lowest BCUT2D eigenvalue weighted by Gasteiger charge is -2.46. The summed E-state index contributed by atoms with van der Waals surface area (Å²) in [7, 11) is 0. The molecule has 3 nitrogen and oxygen atoms in total. The molecule has 1 aromatic rings. The highest BCUT2D eigenvalue weighted by Crippen LogP contribution is 2.45. The summed E-state index contributed by atoms with van der Waals surface area (Å²) >= 11 is 0. The molecule has 20 heavy (non-hydrogen) atoms. The number of ketones is 1. The summed E-state index contributed by atoms with van der Waals surface area (Å²) in [6.45, 7) is 11.4. The minimum Gasteiger partial charge on any atom is -0.306 e. The minimum atomic E-state index is -0.266. The Morgan fingerprint density at radius 3 is 2.35 bits per heavy atom. The predicted octanol–water partition coefficient (Wildman–Crippen LogP) is 3.84. The third kappa shape index (κ3) is 2.26. The lowest BCUT2D eigenvalue weighted by Crippen LogP contribution is -2.51. The van der Waals surface area contributed by atoms with Crippen LogP contribution in [0.3, 0.4) is 0 Å². The Balaban J connectivity index is 2.81. The summed E-state index contributed by atoms with van der Waals surface area (Å²) in [6.07, 6.45) is 0.903. The molecule has 0 unspecified atom stereocenters. The highest BCUT2D eigenvalue weighted by Gasteiger charge is 2.40. The lowest BCUT2D eigenvalue weighted by atomic mass is 9.78. The standard InChI is InChI=1S/C17H23NO2/c1-10-7-14-11(2)9-17(5,6)18(13(4)20)16(14)15(8-10)12(3)19/h7-8,11H,9H2,1-6H3/t11-/m1/s1. The van der Waals surface area contributed by atoms with Gasteiger partial charge in [0, 0.05) is 18.0 Å². The lowest BCUT2D eigenvalue weighted by molar-refractivity contribution is -0.117. The number of carbonyl (C=O) groups excluding carboxylic acids is 2. The van der Waals surface area contributed by atoms with Gasteiger partial charge in [-0.3, -0.25) is 9.59 Å². The Bertz CT molecular complexity index is 587. The predicted molar refractivity (Wildman–Crippen MR) is 81.5 cm³/mol. The third-order valence-electron chi connectivity index (χ3n) is 4.14. The van der Waals surface area contributed by atoms with Crippen LogP contribution in [-0.2, 0) is 4.79 Å². The Morgan fingerprint density at radius 1 is 1.25 bits per heavy atom. The van der Waals surface area contributed by atoms with E-state index in [0.29, 0.717) is 11.5 Å². The first kappa shape index (κ1) is 14.8. The summed E-state index contributed by atoms with van der Waals surface area (Å²) < 4.78 is 0. The topological polar surface area (TPSA) is 37.4 Å². The average molecular weight is 273 g/mol. The number of Topliss-reactive ketones (excluding diaryl/α,β-unsaturated/α-hetero) is 1. The molecule has 1 aromatic carbocycles. The smallest absolute Gasteiger partial charge is 0.224 e. The number of benzene rings is 1. The molecule has 0 saturated heterocycles. The van der Waals surface area contributed by atoms with Crippen molar-refractivity contribution in [3.63, 3.8) is 0 Å². The van der Waals surface area contributed by atoms with Gasteiger partial charge in [0.2, 0.25) is 5.91 Å². The second-order valence-corrected chi connectivity index (χ2v) is 6.58. The second kappa shape index (κ2) is 4.72. The highest BCUT2D eigenvalue weighted by molar-refractivity contribution is 6.06. The maximum absolute atomic E-state index is 12.2. The van der Waals surface area contributed by atoms with Crippen LogP contribution < -0.4 is 4.90 Å². The molecule has 1 aliphatic heterocycles. The largest absolute Gasteiger partial charge is 0.306 e. The zero-order chi connectivity index (χ0) is 15.2. The van der Waals surface area contributed by atoms with Gasteiger partial charge in [-0.2, -0.15) is 0 Å². The fourth-order valence-electron chi connectivity index (χ4n) is 3.54. The van der Waals surface area contributed by atoms with Crippen LogP contribution in [0.5, 0.6) is 0 Å². The molecule has 1 aliphatic rings. The molecule has 2 rings (SSSR count). The van der Waals surface area contributed by atoms with Crippen LogP contribution in [0.2, 0.25) is 0 Å². The van der Waals surface area contributed by atoms with E-state index in [-0.39, 0.29) is 17.2 Å². The van der Waals surface area contributed by atoms with Crippen LogP contribution in [0.15, 0.2) is 12.1 Å². The molecule has 0 N–H and O–H groups in total. The van der Waals surface area contributed by atoms with E-state index in [2.05, 4.69) is 26.8 Å². The minimum absolute atomic E-state index is 0.00509. The molecular weight excluding hydrogens is 250 g/mol. The van der Waals surface area contributed by atoms with Gasteiger partial charge in [-0.25, -0.2) is 0 Å². The first-order chi connectivity index (χ1) is 9.15. The van der Waals surface area contributed by atoms with E-state index in [0.717, 1.165) is 23.2 Å². The van der Waals surface area contributed by atoms with E-state index < -0.39 is 0 Å². The van der Waals surface area contributed by atoms with Crippen molar-refractivity contribution in [3.8, 4) is 0 Å². The van der Waals surface area contributed by atoms with E-state index in [1.165, 1.54) is 0 Å². The van der Waals surface area contributed by atoms with E-state index >= 15 is 0 Å². The molecular formula is C17H23NO2. The first-order valence-electron chi connectivity index (χ1n) is 7.11. The van der Waals surface area contributed by atoms with Gasteiger partial charge in [0.05, 0.1) is 5.69 Å². The number of amides is 1. The van der Waals surface area contributed by atoms with Crippen molar-refractivity contribution in [2.24, 2.45) is 0 Å². The molecule has 0 aliphatic carbocycles. The van der Waals surface area contributed by atoms with Crippen LogP contribution in [-0.4, -0.2) is 17.2 Å². The van der Waals surface area contributed by atoms with Gasteiger partial charge in [0.15, 0.2) is 5.78 Å². The van der Waals surface area contributed by atoms with E-state index in [9.17, 15) is 9.59 Å². The molecule has 0 bridgehead atoms. The number of anilines is 1. The van der Waals surface area contributed by atoms with E-state index in [1.807, 2.05) is 13.0 Å². The quantitative estimate of drug-likeness (QED) is 0.729. The van der Waals surface area contributed by atoms with Gasteiger partial charge >= 0.3 is 0 Å². The monoisotopic (exact) mass is 273 g/mol. The molecule has 108 valence electrons. The van der Waals surface area contributed by atoms with Gasteiger partial charge in [-0.05, 0) is 57.2 Å². The zero-order valence-corrected chi connectivity index (χ0v) is 13.2. The number of hydrogen-bond acceptors (Lipinski definition) is 2. The summed E-state index contributed by atoms with van der Waals surface area (Å²) in [5.74, 6) is 0.351. The van der Waals surface area contributed by atoms with Crippen molar-refractivity contribution in [2.45, 2.75) is 59.4 Å². The van der Waals surface area contributed by atoms with Gasteiger partial charge in [-0.15, -0.1) is 0 Å². The fraction of sp³-hybridized carbons (Fsp3) is 0.529. The van der Waals surface area contributed by atoms with Crippen molar-refractivity contribution in [3.05, 3.63) is 28.8 Å². The molecule has 1 atom stereocenters. The van der Waals surface area contributed by atoms with Crippen LogP contribution in [0.1, 0.15) is 68.4 Å². The van der Waals surface area contributed by atoms with Crippen LogP contribution in [0.25, 0.3) is 0 Å². The number of rotatable bonds is 1. The van der Waals surface area contributed by atoms with Crippen molar-refractivity contribution in [2.75, 3.05) is 4.90 Å². The van der Waals surface area contributed by atoms with Crippen molar-refractivity contribution >= 4 is 17.4 Å². The van der Waals surface area contributed by atoms with E-state index in [1.54, 1.807) is 18.7 Å². The molecule has 0 aromatic heterocycles. The number of nitrogens with zero attached hydrogens (tertiary/aromatic N) is 1. The zero-order valence-electron chi connectivity index (χ0n) is 13.2. The first-order valence-corrected chi connectivity index (χ1v) is 7.11. The van der Waals surface area contributed by atoms with Gasteiger partial charge < -0.3 is 4.90 Å².